The number of anilines is 2. The number of carboxylic acid groups (broad SMARTS) is 1. The Morgan fingerprint density at radius 3 is 2.20 bits per heavy atom. The zero-order chi connectivity index (χ0) is 15.0. The zero-order valence-corrected chi connectivity index (χ0v) is 10.6. The highest BCUT2D eigenvalue weighted by atomic mass is 16.5. The molecule has 1 aromatic rings. The molecule has 0 aromatic heterocycles. The van der Waals surface area contributed by atoms with Gasteiger partial charge in [-0.25, -0.2) is 4.79 Å². The van der Waals surface area contributed by atoms with Crippen LogP contribution in [0.15, 0.2) is 36.9 Å². The molecule has 0 heterocycles. The number of nitrogens with one attached hydrogen (secondary N) is 2. The maximum Gasteiger partial charge on any atom is 0.411 e. The first kappa shape index (κ1) is 15.2. The Balaban J connectivity index is 2.51. The number of carboxylic acids is 1. The number of aliphatic carboxylic acids is 1. The fourth-order valence-electron chi connectivity index (χ4n) is 1.27. The Hall–Kier alpha value is -2.83. The van der Waals surface area contributed by atoms with Crippen molar-refractivity contribution in [1.82, 2.24) is 0 Å². The summed E-state index contributed by atoms with van der Waals surface area (Å²) in [4.78, 5) is 32.8. The van der Waals surface area contributed by atoms with E-state index in [1.807, 2.05) is 0 Å². The molecule has 0 atom stereocenters. The molecule has 1 rings (SSSR count). The van der Waals surface area contributed by atoms with Crippen LogP contribution in [0.4, 0.5) is 16.2 Å². The molecular formula is C13H14N2O5. The number of carbonyl (C=O) groups is 3. The minimum Gasteiger partial charge on any atom is -0.481 e. The molecule has 0 saturated carbocycles. The van der Waals surface area contributed by atoms with Crippen LogP contribution in [0.25, 0.3) is 0 Å². The Labute approximate surface area is 115 Å². The van der Waals surface area contributed by atoms with Crippen molar-refractivity contribution in [2.24, 2.45) is 0 Å². The Bertz CT molecular complexity index is 510. The Morgan fingerprint density at radius 1 is 1.15 bits per heavy atom. The molecule has 106 valence electrons. The second kappa shape index (κ2) is 7.57. The standard InChI is InChI=1S/C13H14N2O5/c1-2-7-20-13(19)15-10-5-3-9(4-6-10)14-11(16)8-12(17)18/h2-6H,1,7-8H2,(H,14,16)(H,15,19)(H,17,18). The van der Waals surface area contributed by atoms with Gasteiger partial charge >= 0.3 is 12.1 Å². The third-order valence-electron chi connectivity index (χ3n) is 2.06. The molecule has 7 nitrogen and oxygen atoms in total. The predicted octanol–water partition coefficient (Wildman–Crippen LogP) is 1.83. The van der Waals surface area contributed by atoms with Gasteiger partial charge in [-0.05, 0) is 24.3 Å². The van der Waals surface area contributed by atoms with Gasteiger partial charge in [-0.1, -0.05) is 12.7 Å². The van der Waals surface area contributed by atoms with Crippen molar-refractivity contribution in [1.29, 1.82) is 0 Å². The summed E-state index contributed by atoms with van der Waals surface area (Å²) in [6.07, 6.45) is 0.224. The highest BCUT2D eigenvalue weighted by molar-refractivity contribution is 6.01. The zero-order valence-electron chi connectivity index (χ0n) is 10.6. The van der Waals surface area contributed by atoms with Crippen LogP contribution in [-0.2, 0) is 14.3 Å². The minimum absolute atomic E-state index is 0.106. The summed E-state index contributed by atoms with van der Waals surface area (Å²) >= 11 is 0. The maximum atomic E-state index is 11.2. The lowest BCUT2D eigenvalue weighted by atomic mass is 10.2. The molecule has 2 amide bonds. The fourth-order valence-corrected chi connectivity index (χ4v) is 1.27. The highest BCUT2D eigenvalue weighted by Crippen LogP contribution is 2.14. The van der Waals surface area contributed by atoms with Gasteiger partial charge in [0.1, 0.15) is 13.0 Å². The summed E-state index contributed by atoms with van der Waals surface area (Å²) in [5.41, 5.74) is 0.913. The van der Waals surface area contributed by atoms with Crippen LogP contribution in [0, 0.1) is 0 Å². The summed E-state index contributed by atoms with van der Waals surface area (Å²) in [6.45, 7) is 3.52. The van der Waals surface area contributed by atoms with Crippen molar-refractivity contribution < 1.29 is 24.2 Å². The van der Waals surface area contributed by atoms with Gasteiger partial charge in [0, 0.05) is 11.4 Å². The van der Waals surface area contributed by atoms with E-state index in [2.05, 4.69) is 17.2 Å². The molecule has 0 aliphatic carbocycles. The van der Waals surface area contributed by atoms with Crippen molar-refractivity contribution in [3.8, 4) is 0 Å². The van der Waals surface area contributed by atoms with Crippen LogP contribution < -0.4 is 10.6 Å². The second-order valence-corrected chi connectivity index (χ2v) is 3.71. The van der Waals surface area contributed by atoms with Crippen LogP contribution in [0.2, 0.25) is 0 Å². The first-order valence-electron chi connectivity index (χ1n) is 5.67. The lowest BCUT2D eigenvalue weighted by molar-refractivity contribution is -0.139. The van der Waals surface area contributed by atoms with Crippen LogP contribution >= 0.6 is 0 Å². The van der Waals surface area contributed by atoms with Crippen LogP contribution in [0.1, 0.15) is 6.42 Å². The summed E-state index contributed by atoms with van der Waals surface area (Å²) in [6, 6.07) is 6.16. The Morgan fingerprint density at radius 2 is 1.70 bits per heavy atom. The summed E-state index contributed by atoms with van der Waals surface area (Å²) < 4.78 is 4.73. The first-order valence-corrected chi connectivity index (χ1v) is 5.67. The van der Waals surface area contributed by atoms with Crippen molar-refractivity contribution >= 4 is 29.3 Å². The highest BCUT2D eigenvalue weighted by Gasteiger charge is 2.08. The average molecular weight is 278 g/mol. The lowest BCUT2D eigenvalue weighted by Gasteiger charge is -2.07. The number of carbonyl (C=O) groups excluding carboxylic acids is 2. The molecule has 20 heavy (non-hydrogen) atoms. The minimum atomic E-state index is -1.20. The monoisotopic (exact) mass is 278 g/mol. The molecule has 0 spiro atoms. The van der Waals surface area contributed by atoms with E-state index in [9.17, 15) is 14.4 Å². The molecule has 7 heteroatoms. The van der Waals surface area contributed by atoms with E-state index >= 15 is 0 Å². The molecule has 0 aliphatic rings. The number of hydrogen-bond donors (Lipinski definition) is 3. The van der Waals surface area contributed by atoms with Gasteiger partial charge in [0.05, 0.1) is 0 Å². The molecule has 0 radical (unpaired) electrons. The van der Waals surface area contributed by atoms with E-state index in [-0.39, 0.29) is 6.61 Å². The quantitative estimate of drug-likeness (QED) is 0.544. The van der Waals surface area contributed by atoms with Gasteiger partial charge in [-0.15, -0.1) is 0 Å². The molecule has 0 unspecified atom stereocenters. The van der Waals surface area contributed by atoms with Gasteiger partial charge in [0.15, 0.2) is 0 Å². The number of rotatable bonds is 6. The number of benzene rings is 1. The Kier molecular flexibility index (Phi) is 5.76. The van der Waals surface area contributed by atoms with E-state index < -0.39 is 24.4 Å². The molecule has 0 aliphatic heterocycles. The summed E-state index contributed by atoms with van der Waals surface area (Å²) in [5, 5.41) is 13.3. The van der Waals surface area contributed by atoms with E-state index in [0.29, 0.717) is 11.4 Å². The van der Waals surface area contributed by atoms with E-state index in [1.54, 1.807) is 12.1 Å². The smallest absolute Gasteiger partial charge is 0.411 e. The van der Waals surface area contributed by atoms with Crippen LogP contribution in [0.3, 0.4) is 0 Å². The second-order valence-electron chi connectivity index (χ2n) is 3.71. The lowest BCUT2D eigenvalue weighted by Crippen LogP contribution is -2.16. The summed E-state index contributed by atoms with van der Waals surface area (Å²) in [7, 11) is 0. The van der Waals surface area contributed by atoms with E-state index in [0.717, 1.165) is 0 Å². The first-order chi connectivity index (χ1) is 9.51. The van der Waals surface area contributed by atoms with E-state index in [1.165, 1.54) is 18.2 Å². The van der Waals surface area contributed by atoms with Crippen molar-refractivity contribution in [3.63, 3.8) is 0 Å². The van der Waals surface area contributed by atoms with Crippen molar-refractivity contribution in [2.45, 2.75) is 6.42 Å². The van der Waals surface area contributed by atoms with Crippen LogP contribution in [0.5, 0.6) is 0 Å². The van der Waals surface area contributed by atoms with Gasteiger partial charge in [-0.3, -0.25) is 14.9 Å². The maximum absolute atomic E-state index is 11.2. The fraction of sp³-hybridized carbons (Fsp3) is 0.154. The van der Waals surface area contributed by atoms with Gasteiger partial charge in [-0.2, -0.15) is 0 Å². The van der Waals surface area contributed by atoms with Gasteiger partial charge in [0.25, 0.3) is 0 Å². The number of ether oxygens (including phenoxy) is 1. The molecular weight excluding hydrogens is 264 g/mol. The van der Waals surface area contributed by atoms with Crippen molar-refractivity contribution in [3.05, 3.63) is 36.9 Å². The number of hydrogen-bond acceptors (Lipinski definition) is 4. The third kappa shape index (κ3) is 5.67. The number of amides is 2. The molecule has 0 fully saturated rings. The largest absolute Gasteiger partial charge is 0.481 e. The molecule has 0 saturated heterocycles. The van der Waals surface area contributed by atoms with Crippen molar-refractivity contribution in [2.75, 3.05) is 17.2 Å². The topological polar surface area (TPSA) is 105 Å². The third-order valence-corrected chi connectivity index (χ3v) is 2.06. The molecule has 3 N–H and O–H groups in total. The molecule has 0 bridgehead atoms. The average Bonchev–Trinajstić information content (AvgIpc) is 2.37. The normalized spacial score (nSPS) is 9.40. The molecule has 1 aromatic carbocycles. The van der Waals surface area contributed by atoms with Gasteiger partial charge < -0.3 is 15.2 Å². The predicted molar refractivity (Wildman–Crippen MR) is 72.5 cm³/mol. The van der Waals surface area contributed by atoms with Crippen LogP contribution in [-0.4, -0.2) is 29.7 Å². The van der Waals surface area contributed by atoms with Gasteiger partial charge in [0.2, 0.25) is 5.91 Å². The SMILES string of the molecule is C=CCOC(=O)Nc1ccc(NC(=O)CC(=O)O)cc1. The summed E-state index contributed by atoms with van der Waals surface area (Å²) in [5.74, 6) is -1.82. The van der Waals surface area contributed by atoms with E-state index in [4.69, 9.17) is 9.84 Å².